The van der Waals surface area contributed by atoms with Gasteiger partial charge in [0.25, 0.3) is 0 Å². The van der Waals surface area contributed by atoms with Crippen LogP contribution < -0.4 is 5.32 Å². The Bertz CT molecular complexity index is 1150. The first-order valence-electron chi connectivity index (χ1n) is 13.7. The third kappa shape index (κ3) is 3.36. The smallest absolute Gasteiger partial charge is 0.243 e. The number of ketones is 2. The highest BCUT2D eigenvalue weighted by molar-refractivity contribution is 6.02. The van der Waals surface area contributed by atoms with Gasteiger partial charge in [-0.2, -0.15) is 5.26 Å². The highest BCUT2D eigenvalue weighted by atomic mass is 16.2. The summed E-state index contributed by atoms with van der Waals surface area (Å²) in [4.78, 5) is 39.5. The molecule has 36 heavy (non-hydrogen) atoms. The number of allylic oxidation sites excluding steroid dienone is 4. The van der Waals surface area contributed by atoms with Crippen molar-refractivity contribution in [2.75, 3.05) is 0 Å². The number of fused-ring (bicyclic) bond motifs is 7. The van der Waals surface area contributed by atoms with E-state index in [1.807, 2.05) is 19.1 Å². The number of nitrogens with one attached hydrogen (secondary N) is 1. The van der Waals surface area contributed by atoms with Crippen LogP contribution in [0.4, 0.5) is 0 Å². The summed E-state index contributed by atoms with van der Waals surface area (Å²) in [5.74, 6) is 0.0100. The van der Waals surface area contributed by atoms with Gasteiger partial charge in [0.1, 0.15) is 6.07 Å². The third-order valence-corrected chi connectivity index (χ3v) is 11.3. The van der Waals surface area contributed by atoms with Crippen molar-refractivity contribution in [3.8, 4) is 6.07 Å². The Kier molecular flexibility index (Phi) is 5.60. The van der Waals surface area contributed by atoms with Crippen LogP contribution in [0.15, 0.2) is 36.0 Å². The molecule has 192 valence electrons. The second-order valence-electron chi connectivity index (χ2n) is 13.6. The van der Waals surface area contributed by atoms with Crippen molar-refractivity contribution in [2.24, 2.45) is 45.8 Å². The van der Waals surface area contributed by atoms with Gasteiger partial charge in [-0.15, -0.1) is 0 Å². The van der Waals surface area contributed by atoms with E-state index in [9.17, 15) is 19.6 Å². The molecule has 3 saturated carbocycles. The quantitative estimate of drug-likeness (QED) is 0.522. The number of hydrogen-bond acceptors (Lipinski definition) is 4. The van der Waals surface area contributed by atoms with E-state index in [1.165, 1.54) is 6.08 Å². The van der Waals surface area contributed by atoms with Crippen LogP contribution >= 0.6 is 0 Å². The minimum absolute atomic E-state index is 0.0611. The molecule has 0 aromatic heterocycles. The minimum Gasteiger partial charge on any atom is -0.347 e. The van der Waals surface area contributed by atoms with Crippen molar-refractivity contribution in [3.63, 3.8) is 0 Å². The van der Waals surface area contributed by atoms with Gasteiger partial charge in [0.05, 0.1) is 5.57 Å². The summed E-state index contributed by atoms with van der Waals surface area (Å²) >= 11 is 0. The summed E-state index contributed by atoms with van der Waals surface area (Å²) < 4.78 is 0. The number of carbonyl (C=O) groups excluding carboxylic acids is 3. The third-order valence-electron chi connectivity index (χ3n) is 11.3. The molecule has 5 aliphatic carbocycles. The predicted octanol–water partition coefficient (Wildman–Crippen LogP) is 5.48. The molecule has 0 heterocycles. The van der Waals surface area contributed by atoms with Crippen molar-refractivity contribution in [3.05, 3.63) is 36.0 Å². The summed E-state index contributed by atoms with van der Waals surface area (Å²) in [6.07, 6.45) is 11.6. The van der Waals surface area contributed by atoms with E-state index in [0.717, 1.165) is 50.5 Å². The van der Waals surface area contributed by atoms with Gasteiger partial charge in [0.2, 0.25) is 5.91 Å². The molecular formula is C31H40N2O3. The lowest BCUT2D eigenvalue weighted by Gasteiger charge is -2.64. The van der Waals surface area contributed by atoms with Crippen LogP contribution in [-0.2, 0) is 14.4 Å². The summed E-state index contributed by atoms with van der Waals surface area (Å²) in [6, 6.07) is 2.14. The van der Waals surface area contributed by atoms with Gasteiger partial charge in [-0.1, -0.05) is 52.8 Å². The summed E-state index contributed by atoms with van der Waals surface area (Å²) in [7, 11) is 0. The summed E-state index contributed by atoms with van der Waals surface area (Å²) in [5.41, 5.74) is 0.487. The van der Waals surface area contributed by atoms with E-state index in [4.69, 9.17) is 0 Å². The number of nitrogens with zero attached hydrogens (tertiary/aromatic N) is 1. The number of nitriles is 1. The van der Waals surface area contributed by atoms with E-state index in [1.54, 1.807) is 0 Å². The Labute approximate surface area is 215 Å². The minimum atomic E-state index is -0.469. The van der Waals surface area contributed by atoms with Crippen LogP contribution in [0, 0.1) is 57.2 Å². The topological polar surface area (TPSA) is 87.0 Å². The molecular weight excluding hydrogens is 448 g/mol. The van der Waals surface area contributed by atoms with Gasteiger partial charge in [0.15, 0.2) is 11.6 Å². The summed E-state index contributed by atoms with van der Waals surface area (Å²) in [5, 5.41) is 13.0. The van der Waals surface area contributed by atoms with Crippen LogP contribution in [0.5, 0.6) is 0 Å². The van der Waals surface area contributed by atoms with Crippen LogP contribution in [0.3, 0.4) is 0 Å². The Balaban J connectivity index is 1.62. The van der Waals surface area contributed by atoms with Crippen LogP contribution in [0.25, 0.3) is 0 Å². The van der Waals surface area contributed by atoms with Crippen molar-refractivity contribution >= 4 is 17.5 Å². The Morgan fingerprint density at radius 3 is 2.44 bits per heavy atom. The zero-order valence-corrected chi connectivity index (χ0v) is 22.4. The van der Waals surface area contributed by atoms with Crippen molar-refractivity contribution in [1.82, 2.24) is 5.32 Å². The average molecular weight is 489 g/mol. The maximum Gasteiger partial charge on any atom is 0.243 e. The van der Waals surface area contributed by atoms with Gasteiger partial charge in [-0.25, -0.2) is 0 Å². The monoisotopic (exact) mass is 488 g/mol. The first-order valence-corrected chi connectivity index (χ1v) is 13.7. The standard InChI is InChI=1S/C31H40N2O3/c1-7-25(35)33-31-11-9-21-26(22(31)16-28(3,4)12-13-31)23(34)14-24-29(21,5)10-8-20-18(2)27(36)19(17-32)15-30(20,24)6/h7,14-15,18,20-22,26H,1,8-13,16H2,2-6H3,(H,33,35). The number of rotatable bonds is 2. The van der Waals surface area contributed by atoms with Crippen molar-refractivity contribution < 1.29 is 14.4 Å². The molecule has 5 rings (SSSR count). The molecule has 0 aliphatic heterocycles. The van der Waals surface area contributed by atoms with Gasteiger partial charge in [0, 0.05) is 22.8 Å². The van der Waals surface area contributed by atoms with Crippen LogP contribution in [0.1, 0.15) is 79.6 Å². The molecule has 0 bridgehead atoms. The fourth-order valence-corrected chi connectivity index (χ4v) is 9.41. The number of amides is 1. The molecule has 5 heteroatoms. The molecule has 8 atom stereocenters. The maximum atomic E-state index is 14.1. The largest absolute Gasteiger partial charge is 0.347 e. The SMILES string of the molecule is C=CC(=O)NC12CCC3C(C(=O)C=C4C5(C)C=C(C#N)C(=O)C(C)C5CCC43C)C1CC(C)(C)CC2. The maximum absolute atomic E-state index is 14.1. The van der Waals surface area contributed by atoms with E-state index in [2.05, 4.69) is 45.7 Å². The highest BCUT2D eigenvalue weighted by Crippen LogP contribution is 2.68. The van der Waals surface area contributed by atoms with E-state index in [0.29, 0.717) is 0 Å². The number of carbonyl (C=O) groups is 3. The molecule has 3 fully saturated rings. The Morgan fingerprint density at radius 2 is 1.78 bits per heavy atom. The second kappa shape index (κ2) is 8.01. The fourth-order valence-electron chi connectivity index (χ4n) is 9.41. The average Bonchev–Trinajstić information content (AvgIpc) is 2.82. The van der Waals surface area contributed by atoms with Crippen molar-refractivity contribution in [1.29, 1.82) is 5.26 Å². The lowest BCUT2D eigenvalue weighted by Crippen LogP contribution is -2.66. The predicted molar refractivity (Wildman–Crippen MR) is 138 cm³/mol. The van der Waals surface area contributed by atoms with Crippen LogP contribution in [-0.4, -0.2) is 23.0 Å². The fraction of sp³-hybridized carbons (Fsp3) is 0.677. The van der Waals surface area contributed by atoms with E-state index < -0.39 is 5.41 Å². The lowest BCUT2D eigenvalue weighted by molar-refractivity contribution is -0.143. The van der Waals surface area contributed by atoms with E-state index in [-0.39, 0.29) is 69.0 Å². The van der Waals surface area contributed by atoms with Crippen LogP contribution in [0.2, 0.25) is 0 Å². The van der Waals surface area contributed by atoms with Gasteiger partial charge < -0.3 is 5.32 Å². The highest BCUT2D eigenvalue weighted by Gasteiger charge is 2.64. The number of Topliss-reactive ketones (excluding diaryl/α,β-unsaturated/α-hetero) is 1. The molecule has 0 saturated heterocycles. The second-order valence-corrected chi connectivity index (χ2v) is 13.6. The molecule has 1 N–H and O–H groups in total. The molecule has 0 radical (unpaired) electrons. The molecule has 0 spiro atoms. The van der Waals surface area contributed by atoms with Gasteiger partial charge in [-0.05, 0) is 85.7 Å². The molecule has 0 aromatic rings. The lowest BCUT2D eigenvalue weighted by atomic mass is 9.40. The first-order chi connectivity index (χ1) is 16.8. The zero-order chi connectivity index (χ0) is 26.3. The molecule has 5 nitrogen and oxygen atoms in total. The zero-order valence-electron chi connectivity index (χ0n) is 22.4. The van der Waals surface area contributed by atoms with Crippen molar-refractivity contribution in [2.45, 2.75) is 85.1 Å². The molecule has 1 amide bonds. The molecule has 0 aromatic carbocycles. The first kappa shape index (κ1) is 25.2. The Morgan fingerprint density at radius 1 is 1.08 bits per heavy atom. The van der Waals surface area contributed by atoms with Gasteiger partial charge in [-0.3, -0.25) is 14.4 Å². The normalized spacial score (nSPS) is 44.9. The van der Waals surface area contributed by atoms with Gasteiger partial charge >= 0.3 is 0 Å². The number of hydrogen-bond donors (Lipinski definition) is 1. The summed E-state index contributed by atoms with van der Waals surface area (Å²) in [6.45, 7) is 14.7. The molecule has 8 unspecified atom stereocenters. The molecule has 5 aliphatic rings. The Hall–Kier alpha value is -2.48. The van der Waals surface area contributed by atoms with E-state index >= 15 is 0 Å².